The zero-order valence-electron chi connectivity index (χ0n) is 16.7. The topological polar surface area (TPSA) is 89.4 Å². The average Bonchev–Trinajstić information content (AvgIpc) is 2.62. The van der Waals surface area contributed by atoms with Gasteiger partial charge in [0, 0.05) is 13.2 Å². The number of aliphatic hydroxyl groups is 2. The summed E-state index contributed by atoms with van der Waals surface area (Å²) in [6, 6.07) is 0. The second-order valence-electron chi connectivity index (χ2n) is 6.80. The van der Waals surface area contributed by atoms with Crippen LogP contribution in [0.5, 0.6) is 0 Å². The highest BCUT2D eigenvalue weighted by Gasteiger charge is 2.32. The summed E-state index contributed by atoms with van der Waals surface area (Å²) in [6.45, 7) is 12.4. The van der Waals surface area contributed by atoms with Gasteiger partial charge < -0.3 is 34.5 Å². The Balaban J connectivity index is 0.000000485. The molecule has 3 N–H and O–H groups in total. The second kappa shape index (κ2) is 16.6. The van der Waals surface area contributed by atoms with Crippen LogP contribution in [0.25, 0.3) is 0 Å². The third-order valence-electron chi connectivity index (χ3n) is 3.81. The highest BCUT2D eigenvalue weighted by molar-refractivity contribution is 4.91. The Morgan fingerprint density at radius 2 is 1.65 bits per heavy atom. The molecule has 1 aliphatic rings. The van der Waals surface area contributed by atoms with Gasteiger partial charge in [0.15, 0.2) is 0 Å². The van der Waals surface area contributed by atoms with Crippen LogP contribution < -0.4 is 5.32 Å². The number of nitrogens with one attached hydrogen (secondary N) is 1. The average molecular weight is 378 g/mol. The zero-order chi connectivity index (χ0) is 19.7. The van der Waals surface area contributed by atoms with Gasteiger partial charge in [-0.25, -0.2) is 0 Å². The van der Waals surface area contributed by atoms with Crippen molar-refractivity contribution < 1.29 is 29.2 Å². The Labute approximate surface area is 158 Å². The van der Waals surface area contributed by atoms with E-state index in [2.05, 4.69) is 25.7 Å². The third-order valence-corrected chi connectivity index (χ3v) is 3.81. The monoisotopic (exact) mass is 377 g/mol. The van der Waals surface area contributed by atoms with Crippen molar-refractivity contribution in [3.05, 3.63) is 12.7 Å². The molecule has 1 fully saturated rings. The molecule has 1 rings (SSSR count). The Bertz CT molecular complexity index is 315. The van der Waals surface area contributed by atoms with Crippen molar-refractivity contribution in [2.45, 2.75) is 38.4 Å². The Hall–Kier alpha value is -0.540. The first-order chi connectivity index (χ1) is 12.5. The fourth-order valence-electron chi connectivity index (χ4n) is 2.68. The summed E-state index contributed by atoms with van der Waals surface area (Å²) in [5.41, 5.74) is -0.107. The van der Waals surface area contributed by atoms with Crippen LogP contribution in [-0.4, -0.2) is 88.4 Å². The van der Waals surface area contributed by atoms with E-state index in [9.17, 15) is 0 Å². The molecule has 0 aliphatic carbocycles. The molecule has 1 heterocycles. The van der Waals surface area contributed by atoms with Crippen molar-refractivity contribution in [1.29, 1.82) is 0 Å². The van der Waals surface area contributed by atoms with Crippen molar-refractivity contribution in [2.24, 2.45) is 5.92 Å². The third kappa shape index (κ3) is 14.6. The maximum absolute atomic E-state index is 9.05. The number of rotatable bonds is 13. The van der Waals surface area contributed by atoms with Gasteiger partial charge in [0.25, 0.3) is 0 Å². The minimum absolute atomic E-state index is 0.0626. The number of aliphatic hydroxyl groups excluding tert-OH is 2. The molecule has 26 heavy (non-hydrogen) atoms. The van der Waals surface area contributed by atoms with Crippen LogP contribution in [0.4, 0.5) is 0 Å². The molecule has 0 spiro atoms. The van der Waals surface area contributed by atoms with Gasteiger partial charge in [-0.2, -0.15) is 0 Å². The SMILES string of the molecule is C=CC1CC(CO)CC(C)(C)O1.CNCCOCCOCCOCCO. The fourth-order valence-corrected chi connectivity index (χ4v) is 2.68. The maximum atomic E-state index is 9.05. The summed E-state index contributed by atoms with van der Waals surface area (Å²) in [5, 5.41) is 20.4. The lowest BCUT2D eigenvalue weighted by Crippen LogP contribution is -2.39. The van der Waals surface area contributed by atoms with Crippen LogP contribution in [0.3, 0.4) is 0 Å². The number of ether oxygens (including phenoxy) is 4. The largest absolute Gasteiger partial charge is 0.396 e. The smallest absolute Gasteiger partial charge is 0.0764 e. The van der Waals surface area contributed by atoms with E-state index in [-0.39, 0.29) is 24.9 Å². The summed E-state index contributed by atoms with van der Waals surface area (Å²) >= 11 is 0. The maximum Gasteiger partial charge on any atom is 0.0764 e. The summed E-state index contributed by atoms with van der Waals surface area (Å²) < 4.78 is 21.2. The van der Waals surface area contributed by atoms with Crippen molar-refractivity contribution in [3.8, 4) is 0 Å². The lowest BCUT2D eigenvalue weighted by Gasteiger charge is -2.38. The molecule has 0 radical (unpaired) electrons. The quantitative estimate of drug-likeness (QED) is 0.326. The lowest BCUT2D eigenvalue weighted by atomic mass is 9.86. The predicted octanol–water partition coefficient (Wildman–Crippen LogP) is 0.986. The molecule has 0 amide bonds. The van der Waals surface area contributed by atoms with Crippen LogP contribution in [0.2, 0.25) is 0 Å². The summed E-state index contributed by atoms with van der Waals surface area (Å²) in [4.78, 5) is 0. The molecule has 2 unspecified atom stereocenters. The molecule has 0 aromatic carbocycles. The molecule has 0 aromatic heterocycles. The van der Waals surface area contributed by atoms with Crippen molar-refractivity contribution in [1.82, 2.24) is 5.32 Å². The minimum atomic E-state index is -0.107. The van der Waals surface area contributed by atoms with Crippen LogP contribution in [0.15, 0.2) is 12.7 Å². The van der Waals surface area contributed by atoms with Crippen LogP contribution in [0.1, 0.15) is 26.7 Å². The number of hydrogen-bond acceptors (Lipinski definition) is 7. The normalized spacial score (nSPS) is 21.7. The first-order valence-electron chi connectivity index (χ1n) is 9.39. The summed E-state index contributed by atoms with van der Waals surface area (Å²) in [6.07, 6.45) is 3.78. The van der Waals surface area contributed by atoms with Gasteiger partial charge in [0.1, 0.15) is 0 Å². The van der Waals surface area contributed by atoms with E-state index >= 15 is 0 Å². The van der Waals surface area contributed by atoms with Crippen molar-refractivity contribution in [3.63, 3.8) is 0 Å². The van der Waals surface area contributed by atoms with Gasteiger partial charge in [-0.15, -0.1) is 6.58 Å². The van der Waals surface area contributed by atoms with Crippen molar-refractivity contribution >= 4 is 0 Å². The first-order valence-corrected chi connectivity index (χ1v) is 9.39. The van der Waals surface area contributed by atoms with Crippen LogP contribution in [-0.2, 0) is 18.9 Å². The van der Waals surface area contributed by atoms with Gasteiger partial charge in [0.2, 0.25) is 0 Å². The molecule has 0 bridgehead atoms. The lowest BCUT2D eigenvalue weighted by molar-refractivity contribution is -0.112. The molecule has 2 atom stereocenters. The minimum Gasteiger partial charge on any atom is -0.396 e. The number of hydrogen-bond donors (Lipinski definition) is 3. The highest BCUT2D eigenvalue weighted by Crippen LogP contribution is 2.32. The summed E-state index contributed by atoms with van der Waals surface area (Å²) in [7, 11) is 1.89. The number of likely N-dealkylation sites (N-methyl/N-ethyl adjacent to an activating group) is 1. The van der Waals surface area contributed by atoms with Gasteiger partial charge in [-0.1, -0.05) is 6.08 Å². The van der Waals surface area contributed by atoms with E-state index in [1.54, 1.807) is 0 Å². The fraction of sp³-hybridized carbons (Fsp3) is 0.895. The molecule has 7 nitrogen and oxygen atoms in total. The van der Waals surface area contributed by atoms with Crippen LogP contribution >= 0.6 is 0 Å². The van der Waals surface area contributed by atoms with E-state index in [0.29, 0.717) is 45.6 Å². The Morgan fingerprint density at radius 3 is 2.15 bits per heavy atom. The molecule has 156 valence electrons. The highest BCUT2D eigenvalue weighted by atomic mass is 16.5. The van der Waals surface area contributed by atoms with E-state index in [4.69, 9.17) is 29.2 Å². The molecule has 7 heteroatoms. The Morgan fingerprint density at radius 1 is 1.08 bits per heavy atom. The molecular formula is C19H39NO6. The summed E-state index contributed by atoms with van der Waals surface area (Å²) in [5.74, 6) is 0.372. The standard InChI is InChI=1S/C10H18O2.C9H21NO4/c1-4-9-5-8(7-11)6-10(2,3)12-9;1-10-2-4-12-6-8-14-9-7-13-5-3-11/h4,8-9,11H,1,5-7H2,2-3H3;10-11H,2-9H2,1H3. The van der Waals surface area contributed by atoms with Gasteiger partial charge in [-0.3, -0.25) is 0 Å². The van der Waals surface area contributed by atoms with Gasteiger partial charge >= 0.3 is 0 Å². The van der Waals surface area contributed by atoms with E-state index in [0.717, 1.165) is 19.4 Å². The van der Waals surface area contributed by atoms with E-state index in [1.165, 1.54) is 0 Å². The van der Waals surface area contributed by atoms with Gasteiger partial charge in [-0.05, 0) is 39.7 Å². The van der Waals surface area contributed by atoms with Crippen LogP contribution in [0, 0.1) is 5.92 Å². The molecule has 1 saturated heterocycles. The molecule has 1 aliphatic heterocycles. The molecule has 0 saturated carbocycles. The molecule has 0 aromatic rings. The zero-order valence-corrected chi connectivity index (χ0v) is 16.7. The predicted molar refractivity (Wildman–Crippen MR) is 102 cm³/mol. The Kier molecular flexibility index (Phi) is 16.3. The first kappa shape index (κ1) is 25.5. The molecular weight excluding hydrogens is 338 g/mol. The van der Waals surface area contributed by atoms with E-state index in [1.807, 2.05) is 13.1 Å². The van der Waals surface area contributed by atoms with Crippen molar-refractivity contribution in [2.75, 3.05) is 66.4 Å². The second-order valence-corrected chi connectivity index (χ2v) is 6.80. The van der Waals surface area contributed by atoms with E-state index < -0.39 is 0 Å². The van der Waals surface area contributed by atoms with Gasteiger partial charge in [0.05, 0.1) is 58.0 Å².